The molecule has 2 heterocycles. The molecule has 0 radical (unpaired) electrons. The number of thioether (sulfide) groups is 1. The van der Waals surface area contributed by atoms with Gasteiger partial charge in [0.05, 0.1) is 22.8 Å². The van der Waals surface area contributed by atoms with Crippen LogP contribution in [0.15, 0.2) is 52.3 Å². The first-order valence-corrected chi connectivity index (χ1v) is 11.0. The van der Waals surface area contributed by atoms with E-state index in [4.69, 9.17) is 4.74 Å². The summed E-state index contributed by atoms with van der Waals surface area (Å²) in [6.07, 6.45) is 0. The molecule has 2 aromatic rings. The molecule has 0 N–H and O–H groups in total. The summed E-state index contributed by atoms with van der Waals surface area (Å²) in [5.74, 6) is 0.330. The molecule has 0 saturated carbocycles. The van der Waals surface area contributed by atoms with Gasteiger partial charge in [-0.3, -0.25) is 9.10 Å². The number of benzene rings is 2. The van der Waals surface area contributed by atoms with Gasteiger partial charge >= 0.3 is 0 Å². The Morgan fingerprint density at radius 3 is 2.74 bits per heavy atom. The van der Waals surface area contributed by atoms with Crippen LogP contribution in [0.25, 0.3) is 0 Å². The van der Waals surface area contributed by atoms with Gasteiger partial charge in [-0.15, -0.1) is 11.8 Å². The van der Waals surface area contributed by atoms with E-state index in [0.29, 0.717) is 36.8 Å². The minimum absolute atomic E-state index is 0.0917. The summed E-state index contributed by atoms with van der Waals surface area (Å²) >= 11 is 1.68. The van der Waals surface area contributed by atoms with Crippen LogP contribution in [-0.2, 0) is 14.8 Å². The van der Waals surface area contributed by atoms with E-state index in [9.17, 15) is 13.2 Å². The molecule has 2 aromatic carbocycles. The first-order chi connectivity index (χ1) is 12.9. The number of sulfonamides is 1. The Balaban J connectivity index is 1.77. The van der Waals surface area contributed by atoms with Crippen molar-refractivity contribution in [1.29, 1.82) is 0 Å². The second-order valence-electron chi connectivity index (χ2n) is 6.58. The van der Waals surface area contributed by atoms with Gasteiger partial charge in [-0.1, -0.05) is 19.1 Å². The predicted molar refractivity (Wildman–Crippen MR) is 106 cm³/mol. The number of rotatable bonds is 2. The lowest BCUT2D eigenvalue weighted by atomic mass is 10.2. The highest BCUT2D eigenvalue weighted by Crippen LogP contribution is 2.42. The Labute approximate surface area is 163 Å². The maximum absolute atomic E-state index is 13.4. The fraction of sp³-hybridized carbons (Fsp3) is 0.316. The lowest BCUT2D eigenvalue weighted by molar-refractivity contribution is -0.116. The zero-order valence-corrected chi connectivity index (χ0v) is 16.7. The Morgan fingerprint density at radius 2 is 1.96 bits per heavy atom. The smallest absolute Gasteiger partial charge is 0.264 e. The molecule has 2 aliphatic rings. The largest absolute Gasteiger partial charge is 0.489 e. The summed E-state index contributed by atoms with van der Waals surface area (Å²) in [6.45, 7) is 4.72. The number of anilines is 2. The van der Waals surface area contributed by atoms with Crippen molar-refractivity contribution in [1.82, 2.24) is 0 Å². The molecule has 0 bridgehead atoms. The first kappa shape index (κ1) is 18.2. The molecular formula is C19H20N2O4S2. The van der Waals surface area contributed by atoms with E-state index in [0.717, 1.165) is 4.90 Å². The highest BCUT2D eigenvalue weighted by molar-refractivity contribution is 8.00. The zero-order chi connectivity index (χ0) is 19.2. The van der Waals surface area contributed by atoms with E-state index in [1.807, 2.05) is 31.2 Å². The van der Waals surface area contributed by atoms with Crippen molar-refractivity contribution in [3.05, 3.63) is 42.5 Å². The van der Waals surface area contributed by atoms with Crippen LogP contribution in [0.5, 0.6) is 5.75 Å². The van der Waals surface area contributed by atoms with E-state index in [1.165, 1.54) is 17.3 Å². The topological polar surface area (TPSA) is 66.9 Å². The molecule has 0 saturated heterocycles. The quantitative estimate of drug-likeness (QED) is 0.769. The van der Waals surface area contributed by atoms with Gasteiger partial charge in [-0.2, -0.15) is 0 Å². The van der Waals surface area contributed by atoms with Gasteiger partial charge in [0.25, 0.3) is 10.0 Å². The van der Waals surface area contributed by atoms with E-state index in [-0.39, 0.29) is 16.1 Å². The number of ether oxygens (including phenoxy) is 1. The molecule has 4 rings (SSSR count). The number of nitrogens with zero attached hydrogens (tertiary/aromatic N) is 2. The SMILES string of the molecule is CC(=O)N1CCOc2cc(S(=O)(=O)N3CC(C)Sc4ccccc43)ccc21. The summed E-state index contributed by atoms with van der Waals surface area (Å²) in [4.78, 5) is 14.5. The van der Waals surface area contributed by atoms with Crippen molar-refractivity contribution in [3.8, 4) is 5.75 Å². The van der Waals surface area contributed by atoms with Gasteiger partial charge in [-0.05, 0) is 24.3 Å². The average Bonchev–Trinajstić information content (AvgIpc) is 2.66. The standard InChI is InChI=1S/C19H20N2O4S2/c1-13-12-21(17-5-3-4-6-19(17)26-13)27(23,24)15-7-8-16-18(11-15)25-10-9-20(16)14(2)22/h3-8,11,13H,9-10,12H2,1-2H3. The minimum Gasteiger partial charge on any atom is -0.489 e. The first-order valence-electron chi connectivity index (χ1n) is 8.71. The van der Waals surface area contributed by atoms with Crippen molar-refractivity contribution in [2.45, 2.75) is 28.9 Å². The molecular weight excluding hydrogens is 384 g/mol. The molecule has 1 atom stereocenters. The second kappa shape index (κ2) is 6.76. The van der Waals surface area contributed by atoms with Crippen LogP contribution >= 0.6 is 11.8 Å². The summed E-state index contributed by atoms with van der Waals surface area (Å²) in [5.41, 5.74) is 1.31. The maximum Gasteiger partial charge on any atom is 0.264 e. The van der Waals surface area contributed by atoms with Crippen LogP contribution in [0.1, 0.15) is 13.8 Å². The third kappa shape index (κ3) is 3.17. The molecule has 2 aliphatic heterocycles. The summed E-state index contributed by atoms with van der Waals surface area (Å²) in [6, 6.07) is 12.3. The van der Waals surface area contributed by atoms with E-state index in [1.54, 1.807) is 28.8 Å². The van der Waals surface area contributed by atoms with Crippen LogP contribution in [0.3, 0.4) is 0 Å². The molecule has 1 unspecified atom stereocenters. The molecule has 0 aliphatic carbocycles. The Bertz CT molecular complexity index is 1010. The van der Waals surface area contributed by atoms with Crippen LogP contribution in [-0.4, -0.2) is 39.3 Å². The van der Waals surface area contributed by atoms with Crippen molar-refractivity contribution in [2.75, 3.05) is 28.9 Å². The highest BCUT2D eigenvalue weighted by Gasteiger charge is 2.33. The number of amides is 1. The number of para-hydroxylation sites is 1. The minimum atomic E-state index is -3.74. The second-order valence-corrected chi connectivity index (χ2v) is 9.92. The molecule has 0 spiro atoms. The van der Waals surface area contributed by atoms with Crippen LogP contribution in [0.4, 0.5) is 11.4 Å². The molecule has 6 nitrogen and oxygen atoms in total. The van der Waals surface area contributed by atoms with Crippen LogP contribution < -0.4 is 13.9 Å². The van der Waals surface area contributed by atoms with Gasteiger partial charge in [0.1, 0.15) is 12.4 Å². The zero-order valence-electron chi connectivity index (χ0n) is 15.1. The Morgan fingerprint density at radius 1 is 1.19 bits per heavy atom. The lowest BCUT2D eigenvalue weighted by Crippen LogP contribution is -2.39. The van der Waals surface area contributed by atoms with Crippen LogP contribution in [0.2, 0.25) is 0 Å². The van der Waals surface area contributed by atoms with Gasteiger partial charge in [0, 0.05) is 29.7 Å². The van der Waals surface area contributed by atoms with Gasteiger partial charge in [-0.25, -0.2) is 8.42 Å². The van der Waals surface area contributed by atoms with Crippen molar-refractivity contribution >= 4 is 39.1 Å². The van der Waals surface area contributed by atoms with E-state index < -0.39 is 10.0 Å². The van der Waals surface area contributed by atoms with Crippen molar-refractivity contribution < 1.29 is 17.9 Å². The van der Waals surface area contributed by atoms with Crippen molar-refractivity contribution in [3.63, 3.8) is 0 Å². The highest BCUT2D eigenvalue weighted by atomic mass is 32.2. The number of fused-ring (bicyclic) bond motifs is 2. The molecule has 0 aromatic heterocycles. The fourth-order valence-electron chi connectivity index (χ4n) is 3.39. The predicted octanol–water partition coefficient (Wildman–Crippen LogP) is 3.12. The normalized spacial score (nSPS) is 19.1. The molecule has 1 amide bonds. The summed E-state index contributed by atoms with van der Waals surface area (Å²) < 4.78 is 33.9. The number of carbonyl (C=O) groups excluding carboxylic acids is 1. The lowest BCUT2D eigenvalue weighted by Gasteiger charge is -2.34. The van der Waals surface area contributed by atoms with Crippen LogP contribution in [0, 0.1) is 0 Å². The molecule has 8 heteroatoms. The Kier molecular flexibility index (Phi) is 4.55. The maximum atomic E-state index is 13.4. The van der Waals surface area contributed by atoms with Gasteiger partial charge in [0.15, 0.2) is 0 Å². The summed E-state index contributed by atoms with van der Waals surface area (Å²) in [7, 11) is -3.74. The fourth-order valence-corrected chi connectivity index (χ4v) is 6.25. The average molecular weight is 405 g/mol. The number of carbonyl (C=O) groups is 1. The third-order valence-corrected chi connectivity index (χ3v) is 7.57. The van der Waals surface area contributed by atoms with E-state index >= 15 is 0 Å². The monoisotopic (exact) mass is 404 g/mol. The molecule has 142 valence electrons. The van der Waals surface area contributed by atoms with Gasteiger partial charge in [0.2, 0.25) is 5.91 Å². The number of hydrogen-bond donors (Lipinski definition) is 0. The number of hydrogen-bond acceptors (Lipinski definition) is 5. The molecule has 27 heavy (non-hydrogen) atoms. The van der Waals surface area contributed by atoms with E-state index in [2.05, 4.69) is 0 Å². The summed E-state index contributed by atoms with van der Waals surface area (Å²) in [5, 5.41) is 0.150. The Hall–Kier alpha value is -2.19. The van der Waals surface area contributed by atoms with Gasteiger partial charge < -0.3 is 9.64 Å². The molecule has 0 fully saturated rings. The third-order valence-electron chi connectivity index (χ3n) is 4.65. The van der Waals surface area contributed by atoms with Crippen molar-refractivity contribution in [2.24, 2.45) is 0 Å².